The molecule has 0 saturated carbocycles. The van der Waals surface area contributed by atoms with E-state index < -0.39 is 0 Å². The molecule has 0 saturated heterocycles. The van der Waals surface area contributed by atoms with E-state index in [1.807, 2.05) is 5.38 Å². The van der Waals surface area contributed by atoms with Crippen LogP contribution in [-0.4, -0.2) is 30.3 Å². The summed E-state index contributed by atoms with van der Waals surface area (Å²) >= 11 is 1.46. The van der Waals surface area contributed by atoms with Gasteiger partial charge in [-0.05, 0) is 0 Å². The third-order valence-electron chi connectivity index (χ3n) is 1.79. The fourth-order valence-electron chi connectivity index (χ4n) is 1.12. The third-order valence-corrected chi connectivity index (χ3v) is 2.38. The van der Waals surface area contributed by atoms with Gasteiger partial charge in [0.1, 0.15) is 5.69 Å². The molecule has 0 aromatic carbocycles. The SMILES string of the molecule is Nc1n[nH]c(-c2nc(-c3cscn3)no2)n1. The number of hydrogen-bond donors (Lipinski definition) is 2. The van der Waals surface area contributed by atoms with Crippen molar-refractivity contribution >= 4 is 17.3 Å². The lowest BCUT2D eigenvalue weighted by atomic mass is 10.5. The summed E-state index contributed by atoms with van der Waals surface area (Å²) in [6, 6.07) is 0. The molecule has 0 unspecified atom stereocenters. The summed E-state index contributed by atoms with van der Waals surface area (Å²) in [6.07, 6.45) is 0. The molecule has 0 radical (unpaired) electrons. The number of aromatic amines is 1. The largest absolute Gasteiger partial charge is 0.366 e. The smallest absolute Gasteiger partial charge is 0.295 e. The van der Waals surface area contributed by atoms with Gasteiger partial charge in [-0.3, -0.25) is 5.10 Å². The van der Waals surface area contributed by atoms with Crippen LogP contribution in [0.3, 0.4) is 0 Å². The Balaban J connectivity index is 2.00. The summed E-state index contributed by atoms with van der Waals surface area (Å²) in [5.74, 6) is 1.10. The molecule has 3 N–H and O–H groups in total. The van der Waals surface area contributed by atoms with Crippen LogP contribution in [0.2, 0.25) is 0 Å². The summed E-state index contributed by atoms with van der Waals surface area (Å²) in [4.78, 5) is 12.0. The molecule has 0 aliphatic rings. The lowest BCUT2D eigenvalue weighted by molar-refractivity contribution is 0.429. The van der Waals surface area contributed by atoms with E-state index >= 15 is 0 Å². The lowest BCUT2D eigenvalue weighted by Crippen LogP contribution is -1.85. The molecule has 8 nitrogen and oxygen atoms in total. The summed E-state index contributed by atoms with van der Waals surface area (Å²) < 4.78 is 5.00. The van der Waals surface area contributed by atoms with E-state index in [-0.39, 0.29) is 11.8 Å². The predicted octanol–water partition coefficient (Wildman–Crippen LogP) is 0.560. The summed E-state index contributed by atoms with van der Waals surface area (Å²) in [5, 5.41) is 11.8. The summed E-state index contributed by atoms with van der Waals surface area (Å²) in [5.41, 5.74) is 7.72. The molecule has 3 aromatic heterocycles. The Morgan fingerprint density at radius 1 is 1.38 bits per heavy atom. The molecule has 0 atom stereocenters. The average molecular weight is 235 g/mol. The molecule has 3 rings (SSSR count). The molecule has 16 heavy (non-hydrogen) atoms. The van der Waals surface area contributed by atoms with Crippen molar-refractivity contribution in [1.29, 1.82) is 0 Å². The number of nitrogens with one attached hydrogen (secondary N) is 1. The van der Waals surface area contributed by atoms with Gasteiger partial charge in [0.25, 0.3) is 5.89 Å². The van der Waals surface area contributed by atoms with Crippen molar-refractivity contribution in [3.05, 3.63) is 10.9 Å². The maximum absolute atomic E-state index is 5.36. The van der Waals surface area contributed by atoms with Crippen LogP contribution in [0.25, 0.3) is 23.2 Å². The highest BCUT2D eigenvalue weighted by molar-refractivity contribution is 7.07. The van der Waals surface area contributed by atoms with Gasteiger partial charge in [0.2, 0.25) is 17.6 Å². The van der Waals surface area contributed by atoms with Gasteiger partial charge < -0.3 is 10.3 Å². The Labute approximate surface area is 92.5 Å². The molecule has 0 spiro atoms. The number of rotatable bonds is 2. The van der Waals surface area contributed by atoms with E-state index in [0.29, 0.717) is 17.3 Å². The van der Waals surface area contributed by atoms with Crippen LogP contribution in [0.15, 0.2) is 15.4 Å². The monoisotopic (exact) mass is 235 g/mol. The summed E-state index contributed by atoms with van der Waals surface area (Å²) in [7, 11) is 0. The van der Waals surface area contributed by atoms with E-state index in [9.17, 15) is 0 Å². The van der Waals surface area contributed by atoms with Gasteiger partial charge in [-0.15, -0.1) is 16.4 Å². The highest BCUT2D eigenvalue weighted by Crippen LogP contribution is 2.19. The van der Waals surface area contributed by atoms with E-state index in [4.69, 9.17) is 10.3 Å². The Hall–Kier alpha value is -2.29. The van der Waals surface area contributed by atoms with Gasteiger partial charge >= 0.3 is 0 Å². The van der Waals surface area contributed by atoms with Crippen molar-refractivity contribution in [3.8, 4) is 23.2 Å². The fourth-order valence-corrected chi connectivity index (χ4v) is 1.65. The highest BCUT2D eigenvalue weighted by atomic mass is 32.1. The maximum Gasteiger partial charge on any atom is 0.295 e. The van der Waals surface area contributed by atoms with Crippen molar-refractivity contribution in [3.63, 3.8) is 0 Å². The average Bonchev–Trinajstić information content (AvgIpc) is 2.97. The van der Waals surface area contributed by atoms with Crippen LogP contribution in [0.1, 0.15) is 0 Å². The standard InChI is InChI=1S/C7H5N7OS/c8-7-11-5(12-13-7)6-10-4(14-15-6)3-1-16-2-9-3/h1-2H,(H3,8,11,12,13). The zero-order chi connectivity index (χ0) is 11.0. The Morgan fingerprint density at radius 3 is 3.00 bits per heavy atom. The van der Waals surface area contributed by atoms with E-state index in [1.165, 1.54) is 11.3 Å². The number of H-pyrrole nitrogens is 1. The first-order chi connectivity index (χ1) is 7.83. The van der Waals surface area contributed by atoms with Crippen LogP contribution in [0, 0.1) is 0 Å². The topological polar surface area (TPSA) is 119 Å². The van der Waals surface area contributed by atoms with Gasteiger partial charge in [-0.2, -0.15) is 9.97 Å². The van der Waals surface area contributed by atoms with Crippen molar-refractivity contribution in [1.82, 2.24) is 30.3 Å². The van der Waals surface area contributed by atoms with Gasteiger partial charge in [0, 0.05) is 5.38 Å². The van der Waals surface area contributed by atoms with Crippen LogP contribution < -0.4 is 5.73 Å². The molecular weight excluding hydrogens is 230 g/mol. The third kappa shape index (κ3) is 1.42. The minimum absolute atomic E-state index is 0.128. The van der Waals surface area contributed by atoms with Gasteiger partial charge in [0.15, 0.2) is 0 Å². The Bertz CT molecular complexity index is 598. The van der Waals surface area contributed by atoms with Gasteiger partial charge in [-0.25, -0.2) is 4.98 Å². The molecule has 0 fully saturated rings. The first kappa shape index (κ1) is 8.97. The minimum atomic E-state index is 0.128. The molecule has 0 bridgehead atoms. The molecule has 0 aliphatic carbocycles. The number of nitrogen functional groups attached to an aromatic ring is 1. The van der Waals surface area contributed by atoms with Crippen LogP contribution in [-0.2, 0) is 0 Å². The molecule has 80 valence electrons. The second kappa shape index (κ2) is 3.38. The second-order valence-corrected chi connectivity index (χ2v) is 3.56. The molecule has 3 aromatic rings. The number of nitrogens with zero attached hydrogens (tertiary/aromatic N) is 5. The number of aromatic nitrogens is 6. The number of anilines is 1. The fraction of sp³-hybridized carbons (Fsp3) is 0. The Kier molecular flexibility index (Phi) is 1.90. The quantitative estimate of drug-likeness (QED) is 0.665. The molecule has 0 aliphatic heterocycles. The number of thiazole rings is 1. The molecule has 0 amide bonds. The molecular formula is C7H5N7OS. The van der Waals surface area contributed by atoms with Crippen LogP contribution in [0.4, 0.5) is 5.95 Å². The summed E-state index contributed by atoms with van der Waals surface area (Å²) in [6.45, 7) is 0. The van der Waals surface area contributed by atoms with E-state index in [1.54, 1.807) is 5.51 Å². The Morgan fingerprint density at radius 2 is 2.31 bits per heavy atom. The van der Waals surface area contributed by atoms with Crippen LogP contribution >= 0.6 is 11.3 Å². The highest BCUT2D eigenvalue weighted by Gasteiger charge is 2.14. The predicted molar refractivity (Wildman–Crippen MR) is 55.2 cm³/mol. The van der Waals surface area contributed by atoms with Gasteiger partial charge in [-0.1, -0.05) is 5.16 Å². The van der Waals surface area contributed by atoms with E-state index in [2.05, 4.69) is 30.3 Å². The normalized spacial score (nSPS) is 10.8. The zero-order valence-electron chi connectivity index (χ0n) is 7.78. The van der Waals surface area contributed by atoms with Crippen LogP contribution in [0.5, 0.6) is 0 Å². The lowest BCUT2D eigenvalue weighted by Gasteiger charge is -1.82. The van der Waals surface area contributed by atoms with Crippen molar-refractivity contribution in [2.45, 2.75) is 0 Å². The number of nitrogens with two attached hydrogens (primary N) is 1. The zero-order valence-corrected chi connectivity index (χ0v) is 8.60. The first-order valence-electron chi connectivity index (χ1n) is 4.23. The molecule has 3 heterocycles. The van der Waals surface area contributed by atoms with Crippen molar-refractivity contribution in [2.24, 2.45) is 0 Å². The van der Waals surface area contributed by atoms with Gasteiger partial charge in [0.05, 0.1) is 5.51 Å². The number of hydrogen-bond acceptors (Lipinski definition) is 8. The van der Waals surface area contributed by atoms with Crippen molar-refractivity contribution in [2.75, 3.05) is 5.73 Å². The first-order valence-corrected chi connectivity index (χ1v) is 5.18. The van der Waals surface area contributed by atoms with E-state index in [0.717, 1.165) is 0 Å². The maximum atomic E-state index is 5.36. The minimum Gasteiger partial charge on any atom is -0.366 e. The second-order valence-electron chi connectivity index (χ2n) is 2.84. The van der Waals surface area contributed by atoms with Crippen molar-refractivity contribution < 1.29 is 4.52 Å². The molecule has 9 heteroatoms.